The molecule has 2 aromatic rings. The molecule has 0 N–H and O–H groups in total. The highest BCUT2D eigenvalue weighted by Crippen LogP contribution is 2.63. The van der Waals surface area contributed by atoms with Crippen LogP contribution in [0.5, 0.6) is 11.5 Å². The van der Waals surface area contributed by atoms with Gasteiger partial charge in [0.2, 0.25) is 0 Å². The van der Waals surface area contributed by atoms with E-state index in [-0.39, 0.29) is 35.8 Å². The molecule has 4 atom stereocenters. The summed E-state index contributed by atoms with van der Waals surface area (Å²) in [4.78, 5) is 0. The van der Waals surface area contributed by atoms with E-state index in [4.69, 9.17) is 28.3 Å². The highest BCUT2D eigenvalue weighted by molar-refractivity contribution is 6.63. The summed E-state index contributed by atoms with van der Waals surface area (Å²) in [5, 5.41) is 0. The van der Waals surface area contributed by atoms with Crippen molar-refractivity contribution in [2.75, 3.05) is 13.2 Å². The minimum atomic E-state index is -0.380. The van der Waals surface area contributed by atoms with Crippen molar-refractivity contribution in [2.45, 2.75) is 75.7 Å². The van der Waals surface area contributed by atoms with E-state index >= 15 is 0 Å². The first-order chi connectivity index (χ1) is 15.7. The number of hydrogen-bond donors (Lipinski definition) is 0. The summed E-state index contributed by atoms with van der Waals surface area (Å²) in [6.45, 7) is 9.50. The number of hydrogen-bond acceptors (Lipinski definition) is 6. The largest absolute Gasteiger partial charge is 0.498 e. The van der Waals surface area contributed by atoms with Crippen molar-refractivity contribution in [1.82, 2.24) is 0 Å². The Morgan fingerprint density at radius 2 is 1.30 bits per heavy atom. The Morgan fingerprint density at radius 1 is 0.758 bits per heavy atom. The summed E-state index contributed by atoms with van der Waals surface area (Å²) in [5.74, 6) is 1.59. The van der Waals surface area contributed by atoms with Crippen molar-refractivity contribution < 1.29 is 28.3 Å². The zero-order chi connectivity index (χ0) is 22.9. The van der Waals surface area contributed by atoms with Crippen molar-refractivity contribution in [2.24, 2.45) is 0 Å². The quantitative estimate of drug-likeness (QED) is 0.445. The lowest BCUT2D eigenvalue weighted by molar-refractivity contribution is -0.120. The van der Waals surface area contributed by atoms with Crippen LogP contribution in [0.1, 0.15) is 58.8 Å². The third-order valence-corrected chi connectivity index (χ3v) is 7.95. The van der Waals surface area contributed by atoms with Crippen molar-refractivity contribution in [3.63, 3.8) is 0 Å². The second-order valence-corrected chi connectivity index (χ2v) is 10.5. The fourth-order valence-corrected chi connectivity index (χ4v) is 5.15. The fourth-order valence-electron chi connectivity index (χ4n) is 5.15. The molecular formula is C26H31BO6. The van der Waals surface area contributed by atoms with Crippen LogP contribution in [0.4, 0.5) is 0 Å². The van der Waals surface area contributed by atoms with Crippen molar-refractivity contribution in [3.05, 3.63) is 54.1 Å². The van der Waals surface area contributed by atoms with Gasteiger partial charge in [0.15, 0.2) is 6.29 Å². The molecule has 0 aromatic heterocycles. The second-order valence-electron chi connectivity index (χ2n) is 10.5. The summed E-state index contributed by atoms with van der Waals surface area (Å²) >= 11 is 0. The molecule has 2 aliphatic carbocycles. The molecule has 2 heterocycles. The van der Waals surface area contributed by atoms with Gasteiger partial charge in [-0.15, -0.1) is 0 Å². The molecule has 33 heavy (non-hydrogen) atoms. The lowest BCUT2D eigenvalue weighted by Crippen LogP contribution is -2.37. The van der Waals surface area contributed by atoms with Gasteiger partial charge in [0.1, 0.15) is 22.7 Å². The second kappa shape index (κ2) is 7.22. The van der Waals surface area contributed by atoms with E-state index in [1.54, 1.807) is 0 Å². The average molecular weight is 450 g/mol. The maximum atomic E-state index is 6.17. The molecule has 0 radical (unpaired) electrons. The fraction of sp³-hybridized carbons (Fsp3) is 0.538. The van der Waals surface area contributed by atoms with Gasteiger partial charge in [0, 0.05) is 30.3 Å². The molecule has 2 aliphatic heterocycles. The van der Waals surface area contributed by atoms with Crippen LogP contribution in [0, 0.1) is 0 Å². The minimum absolute atomic E-state index is 0.186. The normalized spacial score (nSPS) is 38.1. The van der Waals surface area contributed by atoms with Crippen LogP contribution < -0.4 is 14.9 Å². The number of para-hydroxylation sites is 2. The van der Waals surface area contributed by atoms with Crippen molar-refractivity contribution in [3.8, 4) is 11.5 Å². The predicted molar refractivity (Wildman–Crippen MR) is 124 cm³/mol. The highest BCUT2D eigenvalue weighted by atomic mass is 16.8. The molecule has 174 valence electrons. The Kier molecular flexibility index (Phi) is 4.70. The van der Waals surface area contributed by atoms with Crippen LogP contribution in [-0.2, 0) is 18.8 Å². The van der Waals surface area contributed by atoms with Gasteiger partial charge in [0.05, 0.1) is 24.4 Å². The van der Waals surface area contributed by atoms with Gasteiger partial charge in [-0.3, -0.25) is 0 Å². The van der Waals surface area contributed by atoms with Crippen LogP contribution >= 0.6 is 0 Å². The van der Waals surface area contributed by atoms with Crippen LogP contribution in [0.2, 0.25) is 0 Å². The molecule has 6 nitrogen and oxygen atoms in total. The summed E-state index contributed by atoms with van der Waals surface area (Å²) in [7, 11) is -0.380. The van der Waals surface area contributed by atoms with Gasteiger partial charge >= 0.3 is 7.12 Å². The monoisotopic (exact) mass is 450 g/mol. The van der Waals surface area contributed by atoms with E-state index in [1.165, 1.54) is 0 Å². The van der Waals surface area contributed by atoms with Crippen molar-refractivity contribution in [1.29, 1.82) is 0 Å². The van der Waals surface area contributed by atoms with E-state index < -0.39 is 0 Å². The SMILES string of the molecule is CC12CC1(C)OB(c1ccccc1OCCCOc1ccccc1C1OC3(C)CC3(C)O1)O2. The molecular weight excluding hydrogens is 419 g/mol. The Balaban J connectivity index is 1.03. The molecule has 7 heteroatoms. The average Bonchev–Trinajstić information content (AvgIpc) is 3.41. The topological polar surface area (TPSA) is 55.4 Å². The molecule has 6 rings (SSSR count). The van der Waals surface area contributed by atoms with Gasteiger partial charge in [-0.25, -0.2) is 0 Å². The molecule has 2 saturated carbocycles. The first kappa shape index (κ1) is 21.5. The zero-order valence-corrected chi connectivity index (χ0v) is 19.8. The molecule has 0 amide bonds. The smallest absolute Gasteiger partial charge is 0.494 e. The lowest BCUT2D eigenvalue weighted by Gasteiger charge is -2.19. The molecule has 2 aromatic carbocycles. The predicted octanol–water partition coefficient (Wildman–Crippen LogP) is 4.16. The standard InChI is InChI=1S/C26H31BO6/c1-23-16-24(23,2)31-22(30-23)18-10-5-7-12-20(18)28-14-9-15-29-21-13-8-6-11-19(21)27-32-25(3)17-26(25,4)33-27/h5-8,10-13,22H,9,14-17H2,1-4H3. The summed E-state index contributed by atoms with van der Waals surface area (Å²) in [6.07, 6.45) is 2.24. The Labute approximate surface area is 195 Å². The minimum Gasteiger partial charge on any atom is -0.494 e. The molecule has 4 unspecified atom stereocenters. The molecule has 2 saturated heterocycles. The lowest BCUT2D eigenvalue weighted by atomic mass is 9.78. The Hall–Kier alpha value is -2.06. The maximum absolute atomic E-state index is 6.17. The van der Waals surface area contributed by atoms with E-state index in [0.29, 0.717) is 13.2 Å². The zero-order valence-electron chi connectivity index (χ0n) is 19.8. The first-order valence-corrected chi connectivity index (χ1v) is 11.9. The van der Waals surface area contributed by atoms with E-state index in [1.807, 2.05) is 48.5 Å². The van der Waals surface area contributed by atoms with Gasteiger partial charge in [-0.1, -0.05) is 36.4 Å². The number of rotatable bonds is 8. The third kappa shape index (κ3) is 3.48. The van der Waals surface area contributed by atoms with Gasteiger partial charge in [-0.05, 0) is 39.8 Å². The number of ether oxygens (including phenoxy) is 4. The van der Waals surface area contributed by atoms with E-state index in [0.717, 1.165) is 41.8 Å². The molecule has 0 spiro atoms. The van der Waals surface area contributed by atoms with Gasteiger partial charge in [0.25, 0.3) is 0 Å². The molecule has 0 bridgehead atoms. The van der Waals surface area contributed by atoms with Crippen LogP contribution in [0.15, 0.2) is 48.5 Å². The Bertz CT molecular complexity index is 963. The van der Waals surface area contributed by atoms with Gasteiger partial charge < -0.3 is 28.3 Å². The van der Waals surface area contributed by atoms with E-state index in [2.05, 4.69) is 27.7 Å². The third-order valence-electron chi connectivity index (χ3n) is 7.95. The Morgan fingerprint density at radius 3 is 2.00 bits per heavy atom. The van der Waals surface area contributed by atoms with Gasteiger partial charge in [-0.2, -0.15) is 0 Å². The number of fused-ring (bicyclic) bond motifs is 2. The van der Waals surface area contributed by atoms with Crippen LogP contribution in [0.3, 0.4) is 0 Å². The highest BCUT2D eigenvalue weighted by Gasteiger charge is 2.72. The van der Waals surface area contributed by atoms with E-state index in [9.17, 15) is 0 Å². The van der Waals surface area contributed by atoms with Crippen LogP contribution in [-0.4, -0.2) is 42.7 Å². The van der Waals surface area contributed by atoms with Crippen LogP contribution in [0.25, 0.3) is 0 Å². The summed E-state index contributed by atoms with van der Waals surface area (Å²) in [6, 6.07) is 15.9. The molecule has 4 fully saturated rings. The first-order valence-electron chi connectivity index (χ1n) is 11.9. The maximum Gasteiger partial charge on any atom is 0.498 e. The summed E-state index contributed by atoms with van der Waals surface area (Å²) in [5.41, 5.74) is 1.13. The summed E-state index contributed by atoms with van der Waals surface area (Å²) < 4.78 is 36.9. The number of benzene rings is 2. The molecule has 4 aliphatic rings. The van der Waals surface area contributed by atoms with Crippen molar-refractivity contribution >= 4 is 12.6 Å².